The molecule has 0 fully saturated rings. The summed E-state index contributed by atoms with van der Waals surface area (Å²) in [6.45, 7) is 3.02. The second-order valence-corrected chi connectivity index (χ2v) is 6.27. The summed E-state index contributed by atoms with van der Waals surface area (Å²) in [7, 11) is 0. The molecule has 1 atom stereocenters. The Kier molecular flexibility index (Phi) is 5.71. The van der Waals surface area contributed by atoms with E-state index in [-0.39, 0.29) is 6.04 Å². The highest BCUT2D eigenvalue weighted by Crippen LogP contribution is 2.29. The van der Waals surface area contributed by atoms with Gasteiger partial charge in [0, 0.05) is 21.0 Å². The maximum atomic E-state index is 6.29. The SMILES string of the molecule is CCNC(CCc1cccs1)c1cc(Cl)ccc1Cl. The van der Waals surface area contributed by atoms with Crippen molar-refractivity contribution in [2.24, 2.45) is 0 Å². The Morgan fingerprint density at radius 3 is 2.79 bits per heavy atom. The highest BCUT2D eigenvalue weighted by molar-refractivity contribution is 7.09. The highest BCUT2D eigenvalue weighted by Gasteiger charge is 2.14. The molecule has 0 aliphatic rings. The van der Waals surface area contributed by atoms with E-state index in [0.29, 0.717) is 0 Å². The van der Waals surface area contributed by atoms with Gasteiger partial charge in [-0.15, -0.1) is 11.3 Å². The van der Waals surface area contributed by atoms with Crippen molar-refractivity contribution in [1.82, 2.24) is 5.32 Å². The lowest BCUT2D eigenvalue weighted by Gasteiger charge is -2.19. The summed E-state index contributed by atoms with van der Waals surface area (Å²) in [5.74, 6) is 0. The van der Waals surface area contributed by atoms with Gasteiger partial charge in [0.1, 0.15) is 0 Å². The lowest BCUT2D eigenvalue weighted by molar-refractivity contribution is 0.517. The van der Waals surface area contributed by atoms with E-state index in [1.54, 1.807) is 11.3 Å². The van der Waals surface area contributed by atoms with Gasteiger partial charge in [0.2, 0.25) is 0 Å². The maximum absolute atomic E-state index is 6.29. The molecule has 1 aromatic carbocycles. The Bertz CT molecular complexity index is 511. The third-order valence-corrected chi connectivity index (χ3v) is 4.56. The minimum absolute atomic E-state index is 0.248. The van der Waals surface area contributed by atoms with E-state index in [2.05, 4.69) is 29.8 Å². The molecule has 0 spiro atoms. The second-order valence-electron chi connectivity index (χ2n) is 4.39. The van der Waals surface area contributed by atoms with E-state index in [1.807, 2.05) is 18.2 Å². The van der Waals surface area contributed by atoms with E-state index in [9.17, 15) is 0 Å². The third kappa shape index (κ3) is 4.22. The monoisotopic (exact) mass is 313 g/mol. The van der Waals surface area contributed by atoms with Crippen LogP contribution in [0.15, 0.2) is 35.7 Å². The molecule has 0 radical (unpaired) electrons. The van der Waals surface area contributed by atoms with Gasteiger partial charge >= 0.3 is 0 Å². The van der Waals surface area contributed by atoms with Gasteiger partial charge in [-0.05, 0) is 54.6 Å². The summed E-state index contributed by atoms with van der Waals surface area (Å²) in [6.07, 6.45) is 2.08. The molecule has 1 heterocycles. The zero-order valence-electron chi connectivity index (χ0n) is 10.8. The van der Waals surface area contributed by atoms with Crippen LogP contribution in [0.3, 0.4) is 0 Å². The summed E-state index contributed by atoms with van der Waals surface area (Å²) in [5, 5.41) is 7.12. The Morgan fingerprint density at radius 2 is 2.11 bits per heavy atom. The van der Waals surface area contributed by atoms with Crippen LogP contribution < -0.4 is 5.32 Å². The molecule has 2 rings (SSSR count). The van der Waals surface area contributed by atoms with Crippen LogP contribution in [0.5, 0.6) is 0 Å². The van der Waals surface area contributed by atoms with Crippen LogP contribution in [-0.2, 0) is 6.42 Å². The molecule has 0 saturated heterocycles. The van der Waals surface area contributed by atoms with Gasteiger partial charge in [0.15, 0.2) is 0 Å². The molecule has 1 aromatic heterocycles. The second kappa shape index (κ2) is 7.30. The summed E-state index contributed by atoms with van der Waals surface area (Å²) in [4.78, 5) is 1.40. The first-order valence-electron chi connectivity index (χ1n) is 6.41. The molecule has 0 bridgehead atoms. The molecule has 102 valence electrons. The van der Waals surface area contributed by atoms with Crippen molar-refractivity contribution in [3.05, 3.63) is 56.2 Å². The smallest absolute Gasteiger partial charge is 0.0454 e. The van der Waals surface area contributed by atoms with Crippen molar-refractivity contribution < 1.29 is 0 Å². The van der Waals surface area contributed by atoms with Crippen molar-refractivity contribution in [1.29, 1.82) is 0 Å². The molecule has 1 N–H and O–H groups in total. The zero-order chi connectivity index (χ0) is 13.7. The Hall–Kier alpha value is -0.540. The predicted molar refractivity (Wildman–Crippen MR) is 85.5 cm³/mol. The van der Waals surface area contributed by atoms with E-state index < -0.39 is 0 Å². The quantitative estimate of drug-likeness (QED) is 0.759. The molecule has 0 saturated carbocycles. The van der Waals surface area contributed by atoms with Crippen LogP contribution in [0.2, 0.25) is 10.0 Å². The van der Waals surface area contributed by atoms with Crippen LogP contribution in [0, 0.1) is 0 Å². The average Bonchev–Trinajstić information content (AvgIpc) is 2.91. The van der Waals surface area contributed by atoms with Gasteiger partial charge < -0.3 is 5.32 Å². The topological polar surface area (TPSA) is 12.0 Å². The minimum atomic E-state index is 0.248. The van der Waals surface area contributed by atoms with Crippen molar-refractivity contribution in [2.75, 3.05) is 6.54 Å². The number of aryl methyl sites for hydroxylation is 1. The van der Waals surface area contributed by atoms with Gasteiger partial charge in [-0.1, -0.05) is 36.2 Å². The summed E-state index contributed by atoms with van der Waals surface area (Å²) in [6, 6.07) is 10.2. The molecule has 1 unspecified atom stereocenters. The average molecular weight is 314 g/mol. The van der Waals surface area contributed by atoms with E-state index in [0.717, 1.165) is 35.0 Å². The van der Waals surface area contributed by atoms with Crippen molar-refractivity contribution >= 4 is 34.5 Å². The molecule has 19 heavy (non-hydrogen) atoms. The Balaban J connectivity index is 2.12. The van der Waals surface area contributed by atoms with Crippen molar-refractivity contribution in [3.63, 3.8) is 0 Å². The molecule has 0 amide bonds. The zero-order valence-corrected chi connectivity index (χ0v) is 13.2. The highest BCUT2D eigenvalue weighted by atomic mass is 35.5. The maximum Gasteiger partial charge on any atom is 0.0454 e. The van der Waals surface area contributed by atoms with Crippen molar-refractivity contribution in [3.8, 4) is 0 Å². The molecular weight excluding hydrogens is 297 g/mol. The van der Waals surface area contributed by atoms with Gasteiger partial charge in [-0.2, -0.15) is 0 Å². The lowest BCUT2D eigenvalue weighted by atomic mass is 10.0. The first-order valence-corrected chi connectivity index (χ1v) is 8.05. The van der Waals surface area contributed by atoms with Crippen LogP contribution >= 0.6 is 34.5 Å². The molecule has 1 nitrogen and oxygen atoms in total. The van der Waals surface area contributed by atoms with E-state index in [4.69, 9.17) is 23.2 Å². The number of hydrogen-bond acceptors (Lipinski definition) is 2. The number of hydrogen-bond donors (Lipinski definition) is 1. The van der Waals surface area contributed by atoms with Crippen LogP contribution in [-0.4, -0.2) is 6.54 Å². The lowest BCUT2D eigenvalue weighted by Crippen LogP contribution is -2.21. The Labute approximate surface area is 128 Å². The first kappa shape index (κ1) is 14.9. The fraction of sp³-hybridized carbons (Fsp3) is 0.333. The van der Waals surface area contributed by atoms with Crippen molar-refractivity contribution in [2.45, 2.75) is 25.8 Å². The summed E-state index contributed by atoms with van der Waals surface area (Å²) in [5.41, 5.74) is 1.09. The molecule has 0 aliphatic carbocycles. The summed E-state index contributed by atoms with van der Waals surface area (Å²) < 4.78 is 0. The third-order valence-electron chi connectivity index (χ3n) is 3.04. The Morgan fingerprint density at radius 1 is 1.26 bits per heavy atom. The minimum Gasteiger partial charge on any atom is -0.310 e. The van der Waals surface area contributed by atoms with E-state index in [1.165, 1.54) is 4.88 Å². The van der Waals surface area contributed by atoms with Gasteiger partial charge in [0.25, 0.3) is 0 Å². The predicted octanol–water partition coefficient (Wildman–Crippen LogP) is 5.34. The summed E-state index contributed by atoms with van der Waals surface area (Å²) >= 11 is 14.2. The van der Waals surface area contributed by atoms with Gasteiger partial charge in [0.05, 0.1) is 0 Å². The molecule has 0 aliphatic heterocycles. The van der Waals surface area contributed by atoms with Gasteiger partial charge in [-0.3, -0.25) is 0 Å². The van der Waals surface area contributed by atoms with Crippen LogP contribution in [0.4, 0.5) is 0 Å². The fourth-order valence-electron chi connectivity index (χ4n) is 2.14. The molecule has 4 heteroatoms. The number of benzene rings is 1. The van der Waals surface area contributed by atoms with E-state index >= 15 is 0 Å². The fourth-order valence-corrected chi connectivity index (χ4v) is 3.29. The van der Waals surface area contributed by atoms with Crippen LogP contribution in [0.1, 0.15) is 29.8 Å². The normalized spacial score (nSPS) is 12.6. The number of nitrogens with one attached hydrogen (secondary N) is 1. The molecular formula is C15H17Cl2NS. The number of rotatable bonds is 6. The van der Waals surface area contributed by atoms with Gasteiger partial charge in [-0.25, -0.2) is 0 Å². The van der Waals surface area contributed by atoms with Crippen LogP contribution in [0.25, 0.3) is 0 Å². The number of halogens is 2. The first-order chi connectivity index (χ1) is 9.20. The molecule has 2 aromatic rings. The number of thiophene rings is 1. The largest absolute Gasteiger partial charge is 0.310 e. The standard InChI is InChI=1S/C15H17Cl2NS/c1-2-18-15(8-6-12-4-3-9-19-12)13-10-11(16)5-7-14(13)17/h3-5,7,9-10,15,18H,2,6,8H2,1H3.